The minimum absolute atomic E-state index is 0.0267. The molecule has 42 heavy (non-hydrogen) atoms. The molecule has 0 aliphatic carbocycles. The first-order chi connectivity index (χ1) is 20.1. The Morgan fingerprint density at radius 3 is 2.50 bits per heavy atom. The summed E-state index contributed by atoms with van der Waals surface area (Å²) in [5.41, 5.74) is 0. The Morgan fingerprint density at radius 1 is 1.05 bits per heavy atom. The van der Waals surface area contributed by atoms with Crippen molar-refractivity contribution in [2.45, 2.75) is 135 Å². The number of allylic oxidation sites excluding steroid dienone is 5. The number of epoxide rings is 1. The molecule has 0 aromatic heterocycles. The van der Waals surface area contributed by atoms with Gasteiger partial charge in [0, 0.05) is 25.2 Å². The van der Waals surface area contributed by atoms with Crippen molar-refractivity contribution in [3.05, 3.63) is 36.5 Å². The number of cyclic esters (lactones) is 1. The molecule has 0 aromatic rings. The van der Waals surface area contributed by atoms with Crippen LogP contribution < -0.4 is 0 Å². The molecule has 0 spiro atoms. The third-order valence-corrected chi connectivity index (χ3v) is 8.20. The highest BCUT2D eigenvalue weighted by Crippen LogP contribution is 2.33. The first-order valence-electron chi connectivity index (χ1n) is 15.9. The number of aliphatic hydroxyl groups is 2. The summed E-state index contributed by atoms with van der Waals surface area (Å²) in [7, 11) is 1.40. The van der Waals surface area contributed by atoms with Gasteiger partial charge in [0.2, 0.25) is 0 Å². The fourth-order valence-corrected chi connectivity index (χ4v) is 5.29. The fraction of sp³-hybridized carbons (Fsp3) is 0.735. The van der Waals surface area contributed by atoms with Crippen LogP contribution in [0.3, 0.4) is 0 Å². The van der Waals surface area contributed by atoms with E-state index in [0.717, 1.165) is 44.9 Å². The fourth-order valence-electron chi connectivity index (χ4n) is 5.29. The van der Waals surface area contributed by atoms with Gasteiger partial charge in [0.1, 0.15) is 6.10 Å². The van der Waals surface area contributed by atoms with Crippen LogP contribution in [-0.2, 0) is 28.6 Å². The summed E-state index contributed by atoms with van der Waals surface area (Å²) >= 11 is 0. The summed E-state index contributed by atoms with van der Waals surface area (Å²) in [6.45, 7) is 5.97. The first-order valence-corrected chi connectivity index (χ1v) is 15.9. The molecule has 8 unspecified atom stereocenters. The Hall–Kier alpha value is -2.29. The molecule has 1 saturated heterocycles. The van der Waals surface area contributed by atoms with Crippen LogP contribution in [0.25, 0.3) is 0 Å². The number of ether oxygens (including phenoxy) is 3. The predicted octanol–water partition coefficient (Wildman–Crippen LogP) is 5.79. The van der Waals surface area contributed by atoms with Crippen molar-refractivity contribution >= 4 is 17.7 Å². The van der Waals surface area contributed by atoms with Gasteiger partial charge < -0.3 is 24.4 Å². The lowest BCUT2D eigenvalue weighted by atomic mass is 9.90. The number of carbonyl (C=O) groups is 3. The van der Waals surface area contributed by atoms with Gasteiger partial charge in [-0.15, -0.1) is 0 Å². The molecule has 8 nitrogen and oxygen atoms in total. The van der Waals surface area contributed by atoms with E-state index in [9.17, 15) is 24.6 Å². The standard InChI is InChI=1S/C34H54O8/c1-24-16-12-13-18-26(3)33(39)34-29(42-34)23-27(35)19-14-15-21-31(37)41-28(22-24)32(38)25(2)17-10-8-6-5-7-9-11-20-30(36)40-4/h5-6,12-14,19,24-29,33-35,39H,7-11,15-18,20-23H2,1-4H3. The third kappa shape index (κ3) is 14.3. The van der Waals surface area contributed by atoms with E-state index in [2.05, 4.69) is 36.0 Å². The Morgan fingerprint density at radius 2 is 1.76 bits per heavy atom. The second-order valence-corrected chi connectivity index (χ2v) is 12.2. The van der Waals surface area contributed by atoms with Crippen molar-refractivity contribution in [2.24, 2.45) is 17.8 Å². The summed E-state index contributed by atoms with van der Waals surface area (Å²) in [5, 5.41) is 20.9. The second-order valence-electron chi connectivity index (χ2n) is 12.2. The van der Waals surface area contributed by atoms with Crippen LogP contribution in [0, 0.1) is 17.8 Å². The van der Waals surface area contributed by atoms with Gasteiger partial charge in [-0.2, -0.15) is 0 Å². The van der Waals surface area contributed by atoms with Crippen molar-refractivity contribution in [1.29, 1.82) is 0 Å². The molecule has 1 fully saturated rings. The minimum Gasteiger partial charge on any atom is -0.469 e. The van der Waals surface area contributed by atoms with Crippen LogP contribution in [0.2, 0.25) is 0 Å². The van der Waals surface area contributed by atoms with E-state index in [1.807, 2.05) is 13.8 Å². The lowest BCUT2D eigenvalue weighted by Crippen LogP contribution is -2.33. The molecule has 0 saturated carbocycles. The molecule has 0 amide bonds. The number of esters is 2. The average molecular weight is 591 g/mol. The largest absolute Gasteiger partial charge is 0.469 e. The summed E-state index contributed by atoms with van der Waals surface area (Å²) in [6, 6.07) is 0. The molecule has 2 aliphatic rings. The Labute approximate surface area is 252 Å². The van der Waals surface area contributed by atoms with Crippen LogP contribution >= 0.6 is 0 Å². The number of methoxy groups -OCH3 is 1. The number of ketones is 1. The van der Waals surface area contributed by atoms with Gasteiger partial charge in [0.05, 0.1) is 25.4 Å². The number of unbranched alkanes of at least 4 members (excludes halogenated alkanes) is 3. The zero-order valence-corrected chi connectivity index (χ0v) is 26.1. The van der Waals surface area contributed by atoms with E-state index in [0.29, 0.717) is 32.1 Å². The van der Waals surface area contributed by atoms with E-state index >= 15 is 0 Å². The SMILES string of the molecule is COC(=O)CCCCC=CCCCC(C)C(=O)C1CC(C)CC=CCC(C)C(O)C2OC2CC(O)C=CCCC(=O)O1. The molecular weight excluding hydrogens is 536 g/mol. The molecule has 8 heteroatoms. The molecule has 238 valence electrons. The van der Waals surface area contributed by atoms with Crippen molar-refractivity contribution in [3.63, 3.8) is 0 Å². The molecule has 2 N–H and O–H groups in total. The van der Waals surface area contributed by atoms with Crippen LogP contribution in [-0.4, -0.2) is 65.6 Å². The Kier molecular flexibility index (Phi) is 16.9. The van der Waals surface area contributed by atoms with E-state index in [4.69, 9.17) is 9.47 Å². The van der Waals surface area contributed by atoms with Crippen LogP contribution in [0.15, 0.2) is 36.5 Å². The highest BCUT2D eigenvalue weighted by molar-refractivity contribution is 5.87. The summed E-state index contributed by atoms with van der Waals surface area (Å²) < 4.78 is 16.0. The Balaban J connectivity index is 1.89. The van der Waals surface area contributed by atoms with Gasteiger partial charge in [-0.05, 0) is 76.0 Å². The lowest BCUT2D eigenvalue weighted by molar-refractivity contribution is -0.157. The van der Waals surface area contributed by atoms with Crippen molar-refractivity contribution in [3.8, 4) is 0 Å². The van der Waals surface area contributed by atoms with Crippen molar-refractivity contribution < 1.29 is 38.8 Å². The maximum Gasteiger partial charge on any atom is 0.306 e. The molecule has 0 radical (unpaired) electrons. The molecule has 2 aliphatic heterocycles. The van der Waals surface area contributed by atoms with Gasteiger partial charge in [-0.25, -0.2) is 0 Å². The smallest absolute Gasteiger partial charge is 0.306 e. The minimum atomic E-state index is -0.775. The van der Waals surface area contributed by atoms with E-state index in [-0.39, 0.29) is 48.1 Å². The number of carbonyl (C=O) groups excluding carboxylic acids is 3. The lowest BCUT2D eigenvalue weighted by Gasteiger charge is -2.23. The van der Waals surface area contributed by atoms with Crippen LogP contribution in [0.5, 0.6) is 0 Å². The van der Waals surface area contributed by atoms with Gasteiger partial charge in [-0.1, -0.05) is 57.2 Å². The van der Waals surface area contributed by atoms with Gasteiger partial charge >= 0.3 is 11.9 Å². The number of hydrogen-bond acceptors (Lipinski definition) is 8. The number of rotatable bonds is 11. The number of aliphatic hydroxyl groups excluding tert-OH is 2. The summed E-state index contributed by atoms with van der Waals surface area (Å²) in [5.74, 6) is -0.652. The molecule has 2 heterocycles. The third-order valence-electron chi connectivity index (χ3n) is 8.20. The summed E-state index contributed by atoms with van der Waals surface area (Å²) in [4.78, 5) is 37.2. The zero-order chi connectivity index (χ0) is 30.9. The van der Waals surface area contributed by atoms with E-state index in [1.54, 1.807) is 12.2 Å². The first kappa shape index (κ1) is 35.9. The van der Waals surface area contributed by atoms with E-state index in [1.165, 1.54) is 7.11 Å². The van der Waals surface area contributed by atoms with Crippen molar-refractivity contribution in [1.82, 2.24) is 0 Å². The molecule has 2 rings (SSSR count). The maximum absolute atomic E-state index is 13.4. The molecule has 8 atom stereocenters. The quantitative estimate of drug-likeness (QED) is 0.134. The average Bonchev–Trinajstić information content (AvgIpc) is 3.73. The van der Waals surface area contributed by atoms with Crippen LogP contribution in [0.1, 0.15) is 104 Å². The highest BCUT2D eigenvalue weighted by Gasteiger charge is 2.46. The van der Waals surface area contributed by atoms with Gasteiger partial charge in [-0.3, -0.25) is 14.4 Å². The topological polar surface area (TPSA) is 123 Å². The maximum atomic E-state index is 13.4. The van der Waals surface area contributed by atoms with Crippen molar-refractivity contribution in [2.75, 3.05) is 7.11 Å². The monoisotopic (exact) mass is 590 g/mol. The van der Waals surface area contributed by atoms with Gasteiger partial charge in [0.25, 0.3) is 0 Å². The number of Topliss-reactive ketones (excluding diaryl/α,β-unsaturated/α-hetero) is 1. The number of fused-ring (bicyclic) bond motifs is 1. The zero-order valence-electron chi connectivity index (χ0n) is 26.1. The molecular formula is C34H54O8. The highest BCUT2D eigenvalue weighted by atomic mass is 16.6. The second kappa shape index (κ2) is 19.8. The van der Waals surface area contributed by atoms with E-state index < -0.39 is 24.3 Å². The molecule has 0 aromatic carbocycles. The molecule has 0 bridgehead atoms. The summed E-state index contributed by atoms with van der Waals surface area (Å²) in [6.07, 6.45) is 17.8. The van der Waals surface area contributed by atoms with Gasteiger partial charge in [0.15, 0.2) is 11.9 Å². The normalized spacial score (nSPS) is 30.4. The predicted molar refractivity (Wildman–Crippen MR) is 163 cm³/mol. The van der Waals surface area contributed by atoms with Crippen LogP contribution in [0.4, 0.5) is 0 Å². The Bertz CT molecular complexity index is 909. The number of hydrogen-bond donors (Lipinski definition) is 2.